The van der Waals surface area contributed by atoms with Crippen molar-refractivity contribution in [2.24, 2.45) is 0 Å². The lowest BCUT2D eigenvalue weighted by molar-refractivity contribution is 0.670. The van der Waals surface area contributed by atoms with Gasteiger partial charge in [-0.15, -0.1) is 0 Å². The predicted molar refractivity (Wildman–Crippen MR) is 436 cm³/mol. The molecule has 0 N–H and O–H groups in total. The van der Waals surface area contributed by atoms with Crippen molar-refractivity contribution in [1.29, 1.82) is 5.26 Å². The zero-order valence-electron chi connectivity index (χ0n) is 56.7. The van der Waals surface area contributed by atoms with E-state index in [9.17, 15) is 5.26 Å². The maximum Gasteiger partial charge on any atom is 0.187 e. The molecule has 7 nitrogen and oxygen atoms in total. The molecule has 5 heterocycles. The molecule has 0 aliphatic rings. The van der Waals surface area contributed by atoms with Crippen molar-refractivity contribution in [1.82, 2.24) is 18.3 Å². The Morgan fingerprint density at radius 1 is 0.267 bits per heavy atom. The zero-order chi connectivity index (χ0) is 69.6. The van der Waals surface area contributed by atoms with Gasteiger partial charge in [0.25, 0.3) is 0 Å². The molecule has 488 valence electrons. The van der Waals surface area contributed by atoms with Crippen molar-refractivity contribution >= 4 is 115 Å². The van der Waals surface area contributed by atoms with Gasteiger partial charge in [-0.05, 0) is 160 Å². The van der Waals surface area contributed by atoms with Crippen LogP contribution in [0.1, 0.15) is 5.56 Å². The van der Waals surface area contributed by atoms with Gasteiger partial charge in [0.2, 0.25) is 0 Å². The molecule has 0 aliphatic carbocycles. The second-order valence-corrected chi connectivity index (χ2v) is 26.9. The van der Waals surface area contributed by atoms with Crippen LogP contribution in [0, 0.1) is 17.9 Å². The van der Waals surface area contributed by atoms with E-state index in [1.54, 1.807) is 0 Å². The average molecular weight is 1340 g/mol. The second-order valence-electron chi connectivity index (χ2n) is 26.9. The molecule has 0 radical (unpaired) electrons. The molecule has 5 aromatic heterocycles. The van der Waals surface area contributed by atoms with Crippen LogP contribution < -0.4 is 0 Å². The first-order valence-corrected chi connectivity index (χ1v) is 35.4. The molecular weight excluding hydrogens is 1280 g/mol. The normalized spacial score (nSPS) is 11.6. The van der Waals surface area contributed by atoms with Crippen LogP contribution in [-0.4, -0.2) is 18.3 Å². The Morgan fingerprint density at radius 2 is 0.714 bits per heavy atom. The summed E-state index contributed by atoms with van der Waals surface area (Å²) in [7, 11) is 0. The van der Waals surface area contributed by atoms with Gasteiger partial charge in [-0.1, -0.05) is 249 Å². The first-order chi connectivity index (χ1) is 52.0. The van der Waals surface area contributed by atoms with Crippen molar-refractivity contribution in [3.63, 3.8) is 0 Å². The second kappa shape index (κ2) is 24.7. The zero-order valence-corrected chi connectivity index (χ0v) is 56.7. The van der Waals surface area contributed by atoms with Crippen LogP contribution in [0.25, 0.3) is 192 Å². The van der Waals surface area contributed by atoms with Crippen LogP contribution in [0.2, 0.25) is 0 Å². The Morgan fingerprint density at radius 3 is 1.45 bits per heavy atom. The molecule has 0 fully saturated rings. The average Bonchev–Trinajstić information content (AvgIpc) is 1.57. The number of aromatic nitrogens is 4. The van der Waals surface area contributed by atoms with E-state index in [0.717, 1.165) is 106 Å². The number of nitrogens with zero attached hydrogens (tertiary/aromatic N) is 6. The van der Waals surface area contributed by atoms with Crippen molar-refractivity contribution < 1.29 is 4.42 Å². The molecular formula is C98H60N6O. The van der Waals surface area contributed by atoms with E-state index in [1.807, 2.05) is 54.6 Å². The van der Waals surface area contributed by atoms with Crippen LogP contribution in [0.3, 0.4) is 0 Å². The fraction of sp³-hybridized carbons (Fsp3) is 0. The van der Waals surface area contributed by atoms with Crippen molar-refractivity contribution in [3.8, 4) is 84.5 Å². The summed E-state index contributed by atoms with van der Waals surface area (Å²) in [5.74, 6) is 0. The minimum absolute atomic E-state index is 0.635. The molecule has 0 saturated carbocycles. The summed E-state index contributed by atoms with van der Waals surface area (Å²) in [6.07, 6.45) is 0. The summed E-state index contributed by atoms with van der Waals surface area (Å²) in [6, 6.07) is 131. The van der Waals surface area contributed by atoms with E-state index in [2.05, 4.69) is 339 Å². The van der Waals surface area contributed by atoms with Gasteiger partial charge in [-0.2, -0.15) is 5.26 Å². The van der Waals surface area contributed by atoms with Crippen molar-refractivity contribution in [2.75, 3.05) is 0 Å². The summed E-state index contributed by atoms with van der Waals surface area (Å²) in [6.45, 7) is 7.60. The third-order valence-electron chi connectivity index (χ3n) is 21.1. The van der Waals surface area contributed by atoms with Gasteiger partial charge in [0.15, 0.2) is 5.69 Å². The third kappa shape index (κ3) is 9.87. The molecule has 16 aromatic carbocycles. The number of hydrogen-bond acceptors (Lipinski definition) is 2. The van der Waals surface area contributed by atoms with Gasteiger partial charge in [0, 0.05) is 87.7 Å². The van der Waals surface area contributed by atoms with E-state index in [4.69, 9.17) is 11.0 Å². The minimum Gasteiger partial charge on any atom is -0.455 e. The molecule has 21 aromatic rings. The Kier molecular flexibility index (Phi) is 14.2. The monoisotopic (exact) mass is 1340 g/mol. The smallest absolute Gasteiger partial charge is 0.187 e. The van der Waals surface area contributed by atoms with Gasteiger partial charge in [0.1, 0.15) is 11.2 Å². The fourth-order valence-electron chi connectivity index (χ4n) is 16.4. The molecule has 7 heteroatoms. The van der Waals surface area contributed by atoms with E-state index in [0.29, 0.717) is 11.3 Å². The van der Waals surface area contributed by atoms with Crippen molar-refractivity contribution in [2.45, 2.75) is 0 Å². The fourth-order valence-corrected chi connectivity index (χ4v) is 16.4. The lowest BCUT2D eigenvalue weighted by Gasteiger charge is -2.14. The molecule has 0 bridgehead atoms. The van der Waals surface area contributed by atoms with Crippen LogP contribution >= 0.6 is 0 Å². The SMILES string of the molecule is N#Cc1ccccc1-c1ccc(-n2c3ccccc3c3cc(-c4ccc5c6ccccc6n(-c6ccccc6)c5c4)ccc32)cc1.[C-]#[N+]c1cccc(-c2cccc(-n3c4ccccc4c4cccc(-c5cccc6c5c5ccccc5n6-c5ccc(-c6cccc7c6oc6ccccc67)cc5)c43)c2)c1. The van der Waals surface area contributed by atoms with Crippen LogP contribution in [0.4, 0.5) is 5.69 Å². The Labute approximate surface area is 604 Å². The van der Waals surface area contributed by atoms with E-state index < -0.39 is 0 Å². The molecule has 0 atom stereocenters. The van der Waals surface area contributed by atoms with Gasteiger partial charge >= 0.3 is 0 Å². The van der Waals surface area contributed by atoms with E-state index >= 15 is 0 Å². The summed E-state index contributed by atoms with van der Waals surface area (Å²) >= 11 is 0. The first-order valence-electron chi connectivity index (χ1n) is 35.4. The Balaban J connectivity index is 0.000000144. The topological polar surface area (TPSA) is 61.0 Å². The number of furan rings is 1. The lowest BCUT2D eigenvalue weighted by atomic mass is 9.97. The molecule has 21 rings (SSSR count). The number of nitriles is 1. The number of rotatable bonds is 9. The molecule has 0 spiro atoms. The van der Waals surface area contributed by atoms with Gasteiger partial charge < -0.3 is 22.7 Å². The van der Waals surface area contributed by atoms with Crippen LogP contribution in [-0.2, 0) is 0 Å². The van der Waals surface area contributed by atoms with E-state index in [-0.39, 0.29) is 0 Å². The largest absolute Gasteiger partial charge is 0.455 e. The molecule has 105 heavy (non-hydrogen) atoms. The quantitative estimate of drug-likeness (QED) is 0.135. The molecule has 0 aliphatic heterocycles. The van der Waals surface area contributed by atoms with Crippen LogP contribution in [0.5, 0.6) is 0 Å². The number of fused-ring (bicyclic) bond motifs is 15. The summed E-state index contributed by atoms with van der Waals surface area (Å²) < 4.78 is 15.9. The molecule has 0 saturated heterocycles. The first kappa shape index (κ1) is 60.5. The standard InChI is InChI=1S/C55H33N3O.C43H27N3/c1-56-38-15-8-13-36(33-38)37-14-9-16-40(34-37)58-49-25-5-2-17-42(49)45-22-11-23-46(54(45)58)44-21-12-27-51-53(44)48-19-3-6-26-50(48)57(51)39-31-29-35(30-32-39)41-20-10-24-47-43-18-4-7-28-52(43)59-55(41)47;44-28-32-10-4-5-13-35(32)29-18-22-34(23-19-29)45-41-17-9-7-15-37(41)39-26-30(21-25-42(39)45)31-20-24-38-36-14-6-8-16-40(36)46(43(38)27-31)33-11-2-1-3-12-33/h2-34H;1-27H. The lowest BCUT2D eigenvalue weighted by Crippen LogP contribution is -1.96. The third-order valence-corrected chi connectivity index (χ3v) is 21.1. The van der Waals surface area contributed by atoms with Crippen molar-refractivity contribution in [3.05, 3.63) is 381 Å². The predicted octanol–water partition coefficient (Wildman–Crippen LogP) is 26.4. The maximum absolute atomic E-state index is 9.62. The van der Waals surface area contributed by atoms with E-state index in [1.165, 1.54) is 81.9 Å². The summed E-state index contributed by atoms with van der Waals surface area (Å²) in [4.78, 5) is 3.70. The number of benzene rings is 16. The van der Waals surface area contributed by atoms with Crippen LogP contribution in [0.15, 0.2) is 368 Å². The summed E-state index contributed by atoms with van der Waals surface area (Å²) in [5, 5.41) is 21.7. The number of hydrogen-bond donors (Lipinski definition) is 0. The highest BCUT2D eigenvalue weighted by Gasteiger charge is 2.23. The molecule has 0 amide bonds. The number of para-hydroxylation sites is 8. The summed E-state index contributed by atoms with van der Waals surface area (Å²) in [5.41, 5.74) is 27.9. The highest BCUT2D eigenvalue weighted by molar-refractivity contribution is 6.21. The highest BCUT2D eigenvalue weighted by atomic mass is 16.3. The highest BCUT2D eigenvalue weighted by Crippen LogP contribution is 2.46. The Hall–Kier alpha value is -14.5. The minimum atomic E-state index is 0.635. The maximum atomic E-state index is 9.62. The molecule has 0 unspecified atom stereocenters. The Bertz CT molecular complexity index is 7170. The van der Waals surface area contributed by atoms with Gasteiger partial charge in [0.05, 0.1) is 62.3 Å². The van der Waals surface area contributed by atoms with Gasteiger partial charge in [-0.3, -0.25) is 0 Å². The van der Waals surface area contributed by atoms with Gasteiger partial charge in [-0.25, -0.2) is 4.85 Å².